The molecule has 0 bridgehead atoms. The first-order valence-corrected chi connectivity index (χ1v) is 7.20. The number of carbonyl (C=O) groups excluding carboxylic acids is 1. The van der Waals surface area contributed by atoms with E-state index in [0.29, 0.717) is 12.1 Å². The molecule has 0 spiro atoms. The van der Waals surface area contributed by atoms with Crippen LogP contribution in [0.2, 0.25) is 0 Å². The number of hydrogen-bond acceptors (Lipinski definition) is 3. The molecular weight excluding hydrogens is 284 g/mol. The number of aromatic amines is 1. The number of benzene rings is 1. The smallest absolute Gasteiger partial charge is 0.334 e. The minimum absolute atomic E-state index is 0.0726. The van der Waals surface area contributed by atoms with Crippen molar-refractivity contribution in [3.05, 3.63) is 35.0 Å². The molecule has 1 fully saturated rings. The van der Waals surface area contributed by atoms with E-state index in [-0.39, 0.29) is 19.1 Å². The Morgan fingerprint density at radius 3 is 2.86 bits per heavy atom. The van der Waals surface area contributed by atoms with Gasteiger partial charge in [0.2, 0.25) is 0 Å². The molecule has 6 heteroatoms. The maximum absolute atomic E-state index is 12.8. The summed E-state index contributed by atoms with van der Waals surface area (Å²) < 4.78 is 5.17. The number of aliphatic carboxylic acids is 1. The predicted molar refractivity (Wildman–Crippen MR) is 81.1 cm³/mol. The number of amides is 1. The van der Waals surface area contributed by atoms with Crippen LogP contribution in [0.4, 0.5) is 0 Å². The second-order valence-electron chi connectivity index (χ2n) is 5.55. The Balaban J connectivity index is 1.95. The normalized spacial score (nSPS) is 18.6. The van der Waals surface area contributed by atoms with Gasteiger partial charge >= 0.3 is 5.97 Å². The molecule has 6 nitrogen and oxygen atoms in total. The lowest BCUT2D eigenvalue weighted by atomic mass is 10.1. The summed E-state index contributed by atoms with van der Waals surface area (Å²) in [5.74, 6) is -1.20. The number of aromatic nitrogens is 1. The largest absolute Gasteiger partial charge is 0.479 e. The first kappa shape index (κ1) is 14.6. The Hall–Kier alpha value is -2.34. The van der Waals surface area contributed by atoms with Gasteiger partial charge < -0.3 is 19.7 Å². The maximum Gasteiger partial charge on any atom is 0.334 e. The van der Waals surface area contributed by atoms with Crippen LogP contribution in [0.1, 0.15) is 21.6 Å². The highest BCUT2D eigenvalue weighted by Crippen LogP contribution is 2.25. The summed E-state index contributed by atoms with van der Waals surface area (Å²) in [6.45, 7) is 4.69. The van der Waals surface area contributed by atoms with Gasteiger partial charge in [0, 0.05) is 17.6 Å². The van der Waals surface area contributed by atoms with Gasteiger partial charge in [0.15, 0.2) is 6.10 Å². The lowest BCUT2D eigenvalue weighted by molar-refractivity contribution is -0.154. The topological polar surface area (TPSA) is 82.6 Å². The van der Waals surface area contributed by atoms with E-state index in [1.54, 1.807) is 11.0 Å². The summed E-state index contributed by atoms with van der Waals surface area (Å²) in [6, 6.07) is 5.60. The zero-order valence-corrected chi connectivity index (χ0v) is 12.5. The summed E-state index contributed by atoms with van der Waals surface area (Å²) in [7, 11) is 0. The van der Waals surface area contributed by atoms with Crippen molar-refractivity contribution in [3.8, 4) is 0 Å². The third-order valence-electron chi connectivity index (χ3n) is 4.20. The Labute approximate surface area is 127 Å². The van der Waals surface area contributed by atoms with Crippen molar-refractivity contribution in [1.29, 1.82) is 0 Å². The van der Waals surface area contributed by atoms with E-state index in [2.05, 4.69) is 4.98 Å². The maximum atomic E-state index is 12.8. The number of nitrogens with zero attached hydrogens (tertiary/aromatic N) is 1. The van der Waals surface area contributed by atoms with Crippen molar-refractivity contribution in [1.82, 2.24) is 9.88 Å². The molecule has 1 saturated heterocycles. The van der Waals surface area contributed by atoms with Gasteiger partial charge in [0.25, 0.3) is 5.91 Å². The Kier molecular flexibility index (Phi) is 3.62. The summed E-state index contributed by atoms with van der Waals surface area (Å²) in [5.41, 5.74) is 3.52. The zero-order chi connectivity index (χ0) is 15.9. The number of hydrogen-bond donors (Lipinski definition) is 2. The molecule has 0 unspecified atom stereocenters. The second-order valence-corrected chi connectivity index (χ2v) is 5.55. The van der Waals surface area contributed by atoms with Gasteiger partial charge in [-0.1, -0.05) is 12.1 Å². The van der Waals surface area contributed by atoms with Crippen LogP contribution in [0.15, 0.2) is 18.2 Å². The average molecular weight is 302 g/mol. The summed E-state index contributed by atoms with van der Waals surface area (Å²) in [4.78, 5) is 28.6. The number of morpholine rings is 1. The number of H-pyrrole nitrogens is 1. The molecular formula is C16H18N2O4. The number of carboxylic acid groups (broad SMARTS) is 1. The molecule has 2 N–H and O–H groups in total. The van der Waals surface area contributed by atoms with Crippen LogP contribution in [0.3, 0.4) is 0 Å². The fourth-order valence-corrected chi connectivity index (χ4v) is 2.81. The van der Waals surface area contributed by atoms with E-state index < -0.39 is 12.1 Å². The Bertz CT molecular complexity index is 750. The van der Waals surface area contributed by atoms with E-state index in [0.717, 1.165) is 22.2 Å². The van der Waals surface area contributed by atoms with E-state index in [1.807, 2.05) is 26.0 Å². The second kappa shape index (κ2) is 5.46. The van der Waals surface area contributed by atoms with Gasteiger partial charge in [-0.25, -0.2) is 4.79 Å². The molecule has 0 saturated carbocycles. The number of carboxylic acids is 1. The van der Waals surface area contributed by atoms with Gasteiger partial charge in [-0.05, 0) is 25.5 Å². The van der Waals surface area contributed by atoms with Crippen LogP contribution in [0.25, 0.3) is 10.9 Å². The molecule has 2 heterocycles. The monoisotopic (exact) mass is 302 g/mol. The number of aryl methyl sites for hydroxylation is 2. The molecule has 1 aliphatic heterocycles. The highest BCUT2D eigenvalue weighted by molar-refractivity contribution is 6.06. The number of rotatable bonds is 2. The number of carbonyl (C=O) groups is 2. The van der Waals surface area contributed by atoms with Crippen LogP contribution in [0, 0.1) is 13.8 Å². The molecule has 1 aliphatic rings. The van der Waals surface area contributed by atoms with Gasteiger partial charge in [-0.15, -0.1) is 0 Å². The molecule has 22 heavy (non-hydrogen) atoms. The lowest BCUT2D eigenvalue weighted by Gasteiger charge is -2.31. The quantitative estimate of drug-likeness (QED) is 0.884. The van der Waals surface area contributed by atoms with Crippen LogP contribution in [0.5, 0.6) is 0 Å². The minimum atomic E-state index is -1.04. The Morgan fingerprint density at radius 2 is 2.14 bits per heavy atom. The highest BCUT2D eigenvalue weighted by Gasteiger charge is 2.30. The molecule has 1 aromatic carbocycles. The molecule has 3 rings (SSSR count). The van der Waals surface area contributed by atoms with Gasteiger partial charge in [-0.2, -0.15) is 0 Å². The van der Waals surface area contributed by atoms with Crippen molar-refractivity contribution in [2.45, 2.75) is 20.0 Å². The van der Waals surface area contributed by atoms with Crippen molar-refractivity contribution in [3.63, 3.8) is 0 Å². The summed E-state index contributed by atoms with van der Waals surface area (Å²) in [5, 5.41) is 10.1. The third-order valence-corrected chi connectivity index (χ3v) is 4.20. The standard InChI is InChI=1S/C16H18N2O4/c1-9-10(2)17-14-11(9)4-3-5-12(14)15(19)18-6-7-22-13(8-18)16(20)21/h3-5,13,17H,6-8H2,1-2H3,(H,20,21)/t13-/m0/s1. The molecule has 1 amide bonds. The van der Waals surface area contributed by atoms with E-state index in [4.69, 9.17) is 9.84 Å². The van der Waals surface area contributed by atoms with Crippen LogP contribution >= 0.6 is 0 Å². The fraction of sp³-hybridized carbons (Fsp3) is 0.375. The van der Waals surface area contributed by atoms with E-state index >= 15 is 0 Å². The van der Waals surface area contributed by atoms with Gasteiger partial charge in [0.1, 0.15) is 0 Å². The van der Waals surface area contributed by atoms with Crippen LogP contribution in [-0.2, 0) is 9.53 Å². The van der Waals surface area contributed by atoms with Crippen molar-refractivity contribution >= 4 is 22.8 Å². The summed E-state index contributed by atoms with van der Waals surface area (Å²) in [6.07, 6.45) is -0.955. The predicted octanol–water partition coefficient (Wildman–Crippen LogP) is 1.71. The van der Waals surface area contributed by atoms with Crippen molar-refractivity contribution in [2.75, 3.05) is 19.7 Å². The number of ether oxygens (including phenoxy) is 1. The van der Waals surface area contributed by atoms with E-state index in [1.165, 1.54) is 0 Å². The molecule has 0 radical (unpaired) electrons. The zero-order valence-electron chi connectivity index (χ0n) is 12.5. The first-order chi connectivity index (χ1) is 10.5. The molecule has 1 atom stereocenters. The Morgan fingerprint density at radius 1 is 1.36 bits per heavy atom. The molecule has 0 aliphatic carbocycles. The van der Waals surface area contributed by atoms with Crippen molar-refractivity contribution < 1.29 is 19.4 Å². The number of nitrogens with one attached hydrogen (secondary N) is 1. The van der Waals surface area contributed by atoms with Crippen molar-refractivity contribution in [2.24, 2.45) is 0 Å². The SMILES string of the molecule is Cc1[nH]c2c(C(=O)N3CCO[C@H](C(=O)O)C3)cccc2c1C. The lowest BCUT2D eigenvalue weighted by Crippen LogP contribution is -2.48. The molecule has 1 aromatic heterocycles. The minimum Gasteiger partial charge on any atom is -0.479 e. The van der Waals surface area contributed by atoms with Crippen LogP contribution in [-0.4, -0.2) is 52.7 Å². The first-order valence-electron chi connectivity index (χ1n) is 7.20. The third kappa shape index (κ3) is 2.35. The average Bonchev–Trinajstić information content (AvgIpc) is 2.82. The number of fused-ring (bicyclic) bond motifs is 1. The number of para-hydroxylation sites is 1. The van der Waals surface area contributed by atoms with Gasteiger partial charge in [-0.3, -0.25) is 4.79 Å². The summed E-state index contributed by atoms with van der Waals surface area (Å²) >= 11 is 0. The van der Waals surface area contributed by atoms with E-state index in [9.17, 15) is 9.59 Å². The van der Waals surface area contributed by atoms with Crippen LogP contribution < -0.4 is 0 Å². The fourth-order valence-electron chi connectivity index (χ4n) is 2.81. The molecule has 116 valence electrons. The van der Waals surface area contributed by atoms with Gasteiger partial charge in [0.05, 0.1) is 24.2 Å². The highest BCUT2D eigenvalue weighted by atomic mass is 16.5. The molecule has 2 aromatic rings.